The van der Waals surface area contributed by atoms with Crippen LogP contribution in [0.1, 0.15) is 11.1 Å². The van der Waals surface area contributed by atoms with Crippen molar-refractivity contribution < 1.29 is 15.1 Å². The van der Waals surface area contributed by atoms with E-state index in [1.165, 1.54) is 0 Å². The summed E-state index contributed by atoms with van der Waals surface area (Å²) in [5.74, 6) is 6.08. The molecule has 0 atom stereocenters. The van der Waals surface area contributed by atoms with Gasteiger partial charge < -0.3 is 15.1 Å². The van der Waals surface area contributed by atoms with Gasteiger partial charge in [0.05, 0.1) is 0 Å². The first-order chi connectivity index (χ1) is 9.60. The average Bonchev–Trinajstić information content (AvgIpc) is 2.46. The summed E-state index contributed by atoms with van der Waals surface area (Å²) in [6.07, 6.45) is 1.69. The van der Waals surface area contributed by atoms with Crippen LogP contribution >= 0.6 is 0 Å². The lowest BCUT2D eigenvalue weighted by Gasteiger charge is -2.07. The molecule has 0 fully saturated rings. The monoisotopic (exact) mass is 269 g/mol. The number of nitrogens with two attached hydrogens (primary N) is 1. The van der Waals surface area contributed by atoms with Gasteiger partial charge in [-0.25, -0.2) is 0 Å². The maximum atomic E-state index is 9.26. The minimum absolute atomic E-state index is 0.169. The van der Waals surface area contributed by atoms with E-state index in [4.69, 9.17) is 10.7 Å². The summed E-state index contributed by atoms with van der Waals surface area (Å²) in [5, 5.41) is 18.5. The van der Waals surface area contributed by atoms with Gasteiger partial charge in [0.25, 0.3) is 0 Å². The van der Waals surface area contributed by atoms with Crippen molar-refractivity contribution >= 4 is 11.3 Å². The van der Waals surface area contributed by atoms with E-state index >= 15 is 0 Å². The largest absolute Gasteiger partial charge is 0.508 e. The molecule has 0 amide bonds. The topological polar surface area (TPSA) is 75.7 Å². The van der Waals surface area contributed by atoms with Crippen molar-refractivity contribution in [2.75, 3.05) is 0 Å². The van der Waals surface area contributed by atoms with Crippen molar-refractivity contribution in [1.29, 1.82) is 0 Å². The Hall–Kier alpha value is -2.72. The van der Waals surface area contributed by atoms with Crippen LogP contribution < -0.4 is 5.90 Å². The highest BCUT2D eigenvalue weighted by Crippen LogP contribution is 2.23. The van der Waals surface area contributed by atoms with Crippen LogP contribution in [0.5, 0.6) is 11.5 Å². The maximum absolute atomic E-state index is 9.26. The van der Waals surface area contributed by atoms with Crippen LogP contribution in [-0.4, -0.2) is 10.2 Å². The molecule has 0 bridgehead atoms. The van der Waals surface area contributed by atoms with Gasteiger partial charge >= 0.3 is 0 Å². The molecule has 0 aliphatic heterocycles. The number of aromatic hydroxyl groups is 2. The summed E-state index contributed by atoms with van der Waals surface area (Å²) >= 11 is 0. The number of allylic oxidation sites excluding steroid dienone is 2. The van der Waals surface area contributed by atoms with Crippen LogP contribution in [0.3, 0.4) is 0 Å². The third-order valence-corrected chi connectivity index (χ3v) is 2.82. The highest BCUT2D eigenvalue weighted by Gasteiger charge is 2.05. The highest BCUT2D eigenvalue weighted by molar-refractivity contribution is 5.80. The fraction of sp³-hybridized carbons (Fsp3) is 0. The summed E-state index contributed by atoms with van der Waals surface area (Å²) < 4.78 is 0. The van der Waals surface area contributed by atoms with Crippen molar-refractivity contribution in [2.24, 2.45) is 5.90 Å². The molecular weight excluding hydrogens is 254 g/mol. The van der Waals surface area contributed by atoms with Crippen molar-refractivity contribution in [2.45, 2.75) is 0 Å². The number of rotatable bonds is 4. The Balaban J connectivity index is 2.28. The summed E-state index contributed by atoms with van der Waals surface area (Å²) in [7, 11) is 0. The van der Waals surface area contributed by atoms with E-state index in [0.717, 1.165) is 11.1 Å². The number of benzene rings is 2. The Bertz CT molecular complexity index is 628. The quantitative estimate of drug-likeness (QED) is 0.453. The van der Waals surface area contributed by atoms with Crippen LogP contribution in [0.4, 0.5) is 0 Å². The van der Waals surface area contributed by atoms with E-state index in [1.54, 1.807) is 54.6 Å². The molecule has 102 valence electrons. The molecule has 4 heteroatoms. The molecule has 4 N–H and O–H groups in total. The molecule has 4 nitrogen and oxygen atoms in total. The predicted octanol–water partition coefficient (Wildman–Crippen LogP) is 3.04. The third kappa shape index (κ3) is 3.18. The first-order valence-corrected chi connectivity index (χ1v) is 5.96. The van der Waals surface area contributed by atoms with Crippen molar-refractivity contribution in [3.05, 3.63) is 72.3 Å². The molecule has 0 heterocycles. The molecular formula is C16H15NO3. The second kappa shape index (κ2) is 5.95. The van der Waals surface area contributed by atoms with E-state index in [-0.39, 0.29) is 11.5 Å². The molecule has 2 aromatic rings. The van der Waals surface area contributed by atoms with E-state index in [1.807, 2.05) is 0 Å². The Labute approximate surface area is 117 Å². The van der Waals surface area contributed by atoms with Gasteiger partial charge in [-0.15, -0.1) is 0 Å². The Kier molecular flexibility index (Phi) is 4.08. The third-order valence-electron chi connectivity index (χ3n) is 2.82. The molecule has 0 saturated heterocycles. The van der Waals surface area contributed by atoms with Crippen LogP contribution in [0.2, 0.25) is 0 Å². The fourth-order valence-corrected chi connectivity index (χ4v) is 1.73. The number of hydrogen-bond donors (Lipinski definition) is 3. The highest BCUT2D eigenvalue weighted by atomic mass is 16.6. The fourth-order valence-electron chi connectivity index (χ4n) is 1.73. The van der Waals surface area contributed by atoms with Gasteiger partial charge in [-0.1, -0.05) is 18.7 Å². The van der Waals surface area contributed by atoms with E-state index in [9.17, 15) is 10.2 Å². The minimum atomic E-state index is 0.169. The van der Waals surface area contributed by atoms with Crippen LogP contribution in [0, 0.1) is 0 Å². The Morgan fingerprint density at radius 1 is 0.900 bits per heavy atom. The number of hydrogen-bond acceptors (Lipinski definition) is 4. The molecule has 0 aromatic heterocycles. The molecule has 2 rings (SSSR count). The van der Waals surface area contributed by atoms with Gasteiger partial charge in [-0.3, -0.25) is 0 Å². The predicted molar refractivity (Wildman–Crippen MR) is 78.5 cm³/mol. The van der Waals surface area contributed by atoms with Crippen molar-refractivity contribution in [3.63, 3.8) is 0 Å². The van der Waals surface area contributed by atoms with Gasteiger partial charge in [-0.2, -0.15) is 5.90 Å². The van der Waals surface area contributed by atoms with Gasteiger partial charge in [0.15, 0.2) is 5.76 Å². The molecule has 0 unspecified atom stereocenters. The van der Waals surface area contributed by atoms with Gasteiger partial charge in [0.2, 0.25) is 0 Å². The molecule has 0 radical (unpaired) electrons. The first-order valence-electron chi connectivity index (χ1n) is 5.96. The van der Waals surface area contributed by atoms with Gasteiger partial charge in [0, 0.05) is 5.56 Å². The van der Waals surface area contributed by atoms with E-state index in [0.29, 0.717) is 11.3 Å². The lowest BCUT2D eigenvalue weighted by molar-refractivity contribution is 0.291. The first kappa shape index (κ1) is 13.7. The van der Waals surface area contributed by atoms with Crippen molar-refractivity contribution in [3.8, 4) is 11.5 Å². The smallest absolute Gasteiger partial charge is 0.154 e. The van der Waals surface area contributed by atoms with Crippen LogP contribution in [0.15, 0.2) is 61.2 Å². The zero-order chi connectivity index (χ0) is 14.5. The average molecular weight is 269 g/mol. The van der Waals surface area contributed by atoms with Crippen LogP contribution in [0.25, 0.3) is 11.3 Å². The molecule has 20 heavy (non-hydrogen) atoms. The summed E-state index contributed by atoms with van der Waals surface area (Å²) in [4.78, 5) is 4.86. The second-order valence-corrected chi connectivity index (χ2v) is 4.25. The SMILES string of the molecule is C=C(/C=C(\ON)c1ccc(O)cc1)c1ccc(O)cc1. The molecule has 0 saturated carbocycles. The normalized spacial score (nSPS) is 11.2. The molecule has 0 aliphatic carbocycles. The van der Waals surface area contributed by atoms with Crippen LogP contribution in [-0.2, 0) is 4.84 Å². The molecule has 0 aliphatic rings. The standard InChI is InChI=1S/C16H15NO3/c1-11(12-2-6-14(18)7-3-12)10-16(20-17)13-4-8-15(19)9-5-13/h2-10,18-19H,1,17H2/b16-10-. The lowest BCUT2D eigenvalue weighted by Crippen LogP contribution is -1.99. The number of phenolic OH excluding ortho intramolecular Hbond substituents is 2. The van der Waals surface area contributed by atoms with Gasteiger partial charge in [-0.05, 0) is 53.6 Å². The molecule has 2 aromatic carbocycles. The Morgan fingerprint density at radius 3 is 1.80 bits per heavy atom. The summed E-state index contributed by atoms with van der Waals surface area (Å²) in [6.45, 7) is 3.94. The van der Waals surface area contributed by atoms with Gasteiger partial charge in [0.1, 0.15) is 11.5 Å². The minimum Gasteiger partial charge on any atom is -0.508 e. The maximum Gasteiger partial charge on any atom is 0.154 e. The second-order valence-electron chi connectivity index (χ2n) is 4.25. The summed E-state index contributed by atoms with van der Waals surface area (Å²) in [5.41, 5.74) is 2.26. The lowest BCUT2D eigenvalue weighted by atomic mass is 10.0. The number of phenols is 2. The van der Waals surface area contributed by atoms with E-state index < -0.39 is 0 Å². The molecule has 0 spiro atoms. The zero-order valence-electron chi connectivity index (χ0n) is 10.8. The van der Waals surface area contributed by atoms with E-state index in [2.05, 4.69) is 6.58 Å². The summed E-state index contributed by atoms with van der Waals surface area (Å²) in [6, 6.07) is 13.1. The Morgan fingerprint density at radius 2 is 1.35 bits per heavy atom. The zero-order valence-corrected chi connectivity index (χ0v) is 10.8. The van der Waals surface area contributed by atoms with Crippen molar-refractivity contribution in [1.82, 2.24) is 0 Å².